The van der Waals surface area contributed by atoms with Gasteiger partial charge in [-0.25, -0.2) is 4.39 Å². The molecule has 6 heteroatoms. The molecule has 0 spiro atoms. The number of carbonyl (C=O) groups is 1. The number of carbonyl (C=O) groups excluding carboxylic acids is 1. The van der Waals surface area contributed by atoms with E-state index in [2.05, 4.69) is 5.32 Å². The number of nitrogens with two attached hydrogens (primary N) is 1. The van der Waals surface area contributed by atoms with E-state index in [4.69, 9.17) is 10.5 Å². The number of para-hydroxylation sites is 1. The lowest BCUT2D eigenvalue weighted by atomic mass is 10.2. The molecule has 0 aromatic heterocycles. The van der Waals surface area contributed by atoms with E-state index in [0.717, 1.165) is 6.42 Å². The summed E-state index contributed by atoms with van der Waals surface area (Å²) in [6.45, 7) is 0.406. The third kappa shape index (κ3) is 3.41. The Morgan fingerprint density at radius 1 is 1.44 bits per heavy atom. The monoisotopic (exact) mass is 274 g/mol. The molecule has 4 nitrogen and oxygen atoms in total. The second-order valence-electron chi connectivity index (χ2n) is 4.03. The Kier molecular flexibility index (Phi) is 5.53. The van der Waals surface area contributed by atoms with Crippen LogP contribution in [-0.2, 0) is 9.53 Å². The number of nitrogens with one attached hydrogen (secondary N) is 1. The molecular weight excluding hydrogens is 259 g/mol. The Hall–Kier alpha value is -1.17. The van der Waals surface area contributed by atoms with Crippen LogP contribution in [0.2, 0.25) is 0 Å². The third-order valence-electron chi connectivity index (χ3n) is 2.79. The van der Waals surface area contributed by atoms with Crippen molar-refractivity contribution in [1.82, 2.24) is 0 Å². The van der Waals surface area contributed by atoms with Crippen LogP contribution in [-0.4, -0.2) is 24.7 Å². The molecule has 1 aromatic rings. The van der Waals surface area contributed by atoms with Crippen LogP contribution in [0.25, 0.3) is 0 Å². The highest BCUT2D eigenvalue weighted by molar-refractivity contribution is 5.94. The van der Waals surface area contributed by atoms with Gasteiger partial charge in [-0.2, -0.15) is 0 Å². The summed E-state index contributed by atoms with van der Waals surface area (Å²) in [6, 6.07) is 6.05. The van der Waals surface area contributed by atoms with Crippen molar-refractivity contribution in [2.24, 2.45) is 5.73 Å². The lowest BCUT2D eigenvalue weighted by Gasteiger charge is -2.12. The first kappa shape index (κ1) is 14.9. The molecule has 0 bridgehead atoms. The Bertz CT molecular complexity index is 417. The molecule has 1 aliphatic rings. The lowest BCUT2D eigenvalue weighted by Crippen LogP contribution is -2.30. The van der Waals surface area contributed by atoms with Crippen molar-refractivity contribution in [3.63, 3.8) is 0 Å². The average Bonchev–Trinajstić information content (AvgIpc) is 2.81. The fourth-order valence-electron chi connectivity index (χ4n) is 1.85. The molecule has 1 aromatic carbocycles. The quantitative estimate of drug-likeness (QED) is 0.882. The summed E-state index contributed by atoms with van der Waals surface area (Å²) in [7, 11) is 0. The molecule has 2 rings (SSSR count). The first-order valence-electron chi connectivity index (χ1n) is 5.61. The van der Waals surface area contributed by atoms with Crippen molar-refractivity contribution in [2.45, 2.75) is 25.0 Å². The van der Waals surface area contributed by atoms with Gasteiger partial charge in [0.25, 0.3) is 5.91 Å². The van der Waals surface area contributed by atoms with Gasteiger partial charge in [0, 0.05) is 6.54 Å². The molecule has 0 unspecified atom stereocenters. The van der Waals surface area contributed by atoms with Crippen molar-refractivity contribution >= 4 is 24.0 Å². The van der Waals surface area contributed by atoms with E-state index in [9.17, 15) is 9.18 Å². The zero-order valence-corrected chi connectivity index (χ0v) is 10.6. The van der Waals surface area contributed by atoms with Gasteiger partial charge in [-0.05, 0) is 25.0 Å². The molecule has 0 saturated carbocycles. The summed E-state index contributed by atoms with van der Waals surface area (Å²) in [5.41, 5.74) is 5.63. The largest absolute Gasteiger partial charge is 0.364 e. The fourth-order valence-corrected chi connectivity index (χ4v) is 1.85. The lowest BCUT2D eigenvalue weighted by molar-refractivity contribution is -0.126. The minimum atomic E-state index is -0.525. The van der Waals surface area contributed by atoms with Crippen LogP contribution in [0.3, 0.4) is 0 Å². The molecule has 100 valence electrons. The van der Waals surface area contributed by atoms with E-state index in [1.165, 1.54) is 12.1 Å². The molecular formula is C12H16ClFN2O2. The van der Waals surface area contributed by atoms with Crippen molar-refractivity contribution in [3.05, 3.63) is 30.1 Å². The second kappa shape index (κ2) is 6.68. The van der Waals surface area contributed by atoms with Crippen LogP contribution in [0, 0.1) is 5.82 Å². The van der Waals surface area contributed by atoms with Gasteiger partial charge >= 0.3 is 0 Å². The van der Waals surface area contributed by atoms with Gasteiger partial charge < -0.3 is 15.8 Å². The highest BCUT2D eigenvalue weighted by Gasteiger charge is 2.30. The minimum absolute atomic E-state index is 0. The smallest absolute Gasteiger partial charge is 0.253 e. The van der Waals surface area contributed by atoms with Gasteiger partial charge in [0.05, 0.1) is 11.8 Å². The predicted molar refractivity (Wildman–Crippen MR) is 69.2 cm³/mol. The van der Waals surface area contributed by atoms with Gasteiger partial charge in [0.15, 0.2) is 0 Å². The van der Waals surface area contributed by atoms with Gasteiger partial charge in [-0.3, -0.25) is 4.79 Å². The van der Waals surface area contributed by atoms with Crippen molar-refractivity contribution in [1.29, 1.82) is 0 Å². The van der Waals surface area contributed by atoms with Crippen LogP contribution in [0.1, 0.15) is 12.8 Å². The molecule has 1 saturated heterocycles. The number of rotatable bonds is 3. The van der Waals surface area contributed by atoms with Crippen LogP contribution >= 0.6 is 12.4 Å². The third-order valence-corrected chi connectivity index (χ3v) is 2.79. The molecule has 1 aliphatic heterocycles. The Morgan fingerprint density at radius 3 is 2.78 bits per heavy atom. The maximum atomic E-state index is 13.3. The van der Waals surface area contributed by atoms with Gasteiger partial charge in [-0.1, -0.05) is 12.1 Å². The topological polar surface area (TPSA) is 64.4 Å². The SMILES string of the molecule is Cl.NC[C@H]1CC[C@@H](C(=O)Nc2ccccc2F)O1. The first-order valence-corrected chi connectivity index (χ1v) is 5.61. The second-order valence-corrected chi connectivity index (χ2v) is 4.03. The standard InChI is InChI=1S/C12H15FN2O2.ClH/c13-9-3-1-2-4-10(9)15-12(16)11-6-5-8(7-14)17-11;/h1-4,8,11H,5-7,14H2,(H,15,16);1H/t8-,11+;/m1./s1. The highest BCUT2D eigenvalue weighted by Crippen LogP contribution is 2.21. The molecule has 2 atom stereocenters. The van der Waals surface area contributed by atoms with Crippen LogP contribution in [0.4, 0.5) is 10.1 Å². The number of benzene rings is 1. The molecule has 1 fully saturated rings. The minimum Gasteiger partial charge on any atom is -0.364 e. The maximum absolute atomic E-state index is 13.3. The number of anilines is 1. The molecule has 1 amide bonds. The zero-order valence-electron chi connectivity index (χ0n) is 9.77. The van der Waals surface area contributed by atoms with E-state index in [1.54, 1.807) is 12.1 Å². The summed E-state index contributed by atoms with van der Waals surface area (Å²) < 4.78 is 18.7. The zero-order chi connectivity index (χ0) is 12.3. The molecule has 1 heterocycles. The Balaban J connectivity index is 0.00000162. The number of amides is 1. The van der Waals surface area contributed by atoms with E-state index in [0.29, 0.717) is 13.0 Å². The maximum Gasteiger partial charge on any atom is 0.253 e. The normalized spacial score (nSPS) is 22.3. The van der Waals surface area contributed by atoms with Crippen molar-refractivity contribution in [3.8, 4) is 0 Å². The summed E-state index contributed by atoms with van der Waals surface area (Å²) in [6.07, 6.45) is 0.808. The molecule has 0 radical (unpaired) electrons. The van der Waals surface area contributed by atoms with Crippen molar-refractivity contribution < 1.29 is 13.9 Å². The van der Waals surface area contributed by atoms with Crippen molar-refractivity contribution in [2.75, 3.05) is 11.9 Å². The van der Waals surface area contributed by atoms with Crippen LogP contribution in [0.5, 0.6) is 0 Å². The number of halogens is 2. The van der Waals surface area contributed by atoms with Gasteiger partial charge in [-0.15, -0.1) is 12.4 Å². The highest BCUT2D eigenvalue weighted by atomic mass is 35.5. The summed E-state index contributed by atoms with van der Waals surface area (Å²) in [5, 5.41) is 2.52. The number of hydrogen-bond acceptors (Lipinski definition) is 3. The fraction of sp³-hybridized carbons (Fsp3) is 0.417. The molecule has 3 N–H and O–H groups in total. The average molecular weight is 275 g/mol. The number of hydrogen-bond donors (Lipinski definition) is 2. The van der Waals surface area contributed by atoms with E-state index >= 15 is 0 Å². The van der Waals surface area contributed by atoms with Crippen LogP contribution in [0.15, 0.2) is 24.3 Å². The predicted octanol–water partition coefficient (Wildman–Crippen LogP) is 1.69. The Labute approximate surface area is 111 Å². The van der Waals surface area contributed by atoms with Crippen LogP contribution < -0.4 is 11.1 Å². The van der Waals surface area contributed by atoms with E-state index in [-0.39, 0.29) is 30.1 Å². The van der Waals surface area contributed by atoms with Gasteiger partial charge in [0.1, 0.15) is 11.9 Å². The molecule has 18 heavy (non-hydrogen) atoms. The summed E-state index contributed by atoms with van der Waals surface area (Å²) >= 11 is 0. The number of ether oxygens (including phenoxy) is 1. The van der Waals surface area contributed by atoms with E-state index in [1.807, 2.05) is 0 Å². The van der Waals surface area contributed by atoms with E-state index < -0.39 is 11.9 Å². The first-order chi connectivity index (χ1) is 8.20. The summed E-state index contributed by atoms with van der Waals surface area (Å²) in [5.74, 6) is -0.764. The van der Waals surface area contributed by atoms with Gasteiger partial charge in [0.2, 0.25) is 0 Å². The Morgan fingerprint density at radius 2 is 2.17 bits per heavy atom. The molecule has 0 aliphatic carbocycles. The summed E-state index contributed by atoms with van der Waals surface area (Å²) in [4.78, 5) is 11.8.